The van der Waals surface area contributed by atoms with E-state index in [4.69, 9.17) is 4.74 Å². The van der Waals surface area contributed by atoms with Crippen molar-refractivity contribution in [2.45, 2.75) is 44.4 Å². The van der Waals surface area contributed by atoms with Crippen LogP contribution in [-0.2, 0) is 4.74 Å². The fourth-order valence-electron chi connectivity index (χ4n) is 2.70. The van der Waals surface area contributed by atoms with Gasteiger partial charge in [0.15, 0.2) is 0 Å². The Bertz CT molecular complexity index is 209. The van der Waals surface area contributed by atoms with E-state index < -0.39 is 0 Å². The molecule has 0 aromatic carbocycles. The topological polar surface area (TPSA) is 24.5 Å². The zero-order valence-electron chi connectivity index (χ0n) is 9.55. The Hall–Kier alpha value is -0.120. The van der Waals surface area contributed by atoms with Crippen molar-refractivity contribution >= 4 is 0 Å². The second-order valence-corrected chi connectivity index (χ2v) is 4.84. The Morgan fingerprint density at radius 1 is 1.50 bits per heavy atom. The normalized spacial score (nSPS) is 44.8. The van der Waals surface area contributed by atoms with Gasteiger partial charge in [0, 0.05) is 31.3 Å². The number of ether oxygens (including phenoxy) is 1. The quantitative estimate of drug-likeness (QED) is 0.712. The van der Waals surface area contributed by atoms with E-state index in [0.29, 0.717) is 12.1 Å². The predicted octanol–water partition coefficient (Wildman–Crippen LogP) is 0.848. The number of nitrogens with zero attached hydrogens (tertiary/aromatic N) is 1. The van der Waals surface area contributed by atoms with Gasteiger partial charge >= 0.3 is 0 Å². The maximum atomic E-state index is 5.69. The Kier molecular flexibility index (Phi) is 2.82. The van der Waals surface area contributed by atoms with Gasteiger partial charge < -0.3 is 10.1 Å². The van der Waals surface area contributed by atoms with Gasteiger partial charge in [-0.3, -0.25) is 4.90 Å². The van der Waals surface area contributed by atoms with Crippen molar-refractivity contribution in [2.24, 2.45) is 0 Å². The van der Waals surface area contributed by atoms with Gasteiger partial charge in [-0.2, -0.15) is 0 Å². The number of nitrogens with one attached hydrogen (secondary N) is 1. The fraction of sp³-hybridized carbons (Fsp3) is 1.00. The van der Waals surface area contributed by atoms with E-state index in [0.717, 1.165) is 6.61 Å². The molecule has 0 radical (unpaired) electrons. The lowest BCUT2D eigenvalue weighted by Crippen LogP contribution is -2.50. The third kappa shape index (κ3) is 1.58. The average Bonchev–Trinajstić information content (AvgIpc) is 2.75. The summed E-state index contributed by atoms with van der Waals surface area (Å²) >= 11 is 0. The number of rotatable bonds is 2. The van der Waals surface area contributed by atoms with Crippen LogP contribution in [0.3, 0.4) is 0 Å². The third-order valence-electron chi connectivity index (χ3n) is 4.17. The van der Waals surface area contributed by atoms with Gasteiger partial charge in [-0.05, 0) is 33.7 Å². The van der Waals surface area contributed by atoms with Gasteiger partial charge in [-0.25, -0.2) is 0 Å². The molecule has 2 fully saturated rings. The predicted molar refractivity (Wildman–Crippen MR) is 57.5 cm³/mol. The molecule has 1 N–H and O–H groups in total. The van der Waals surface area contributed by atoms with Crippen LogP contribution in [0.25, 0.3) is 0 Å². The highest BCUT2D eigenvalue weighted by atomic mass is 16.5. The van der Waals surface area contributed by atoms with Crippen LogP contribution in [0.5, 0.6) is 0 Å². The van der Waals surface area contributed by atoms with Crippen LogP contribution < -0.4 is 5.32 Å². The average molecular weight is 198 g/mol. The van der Waals surface area contributed by atoms with E-state index in [1.54, 1.807) is 0 Å². The molecule has 82 valence electrons. The van der Waals surface area contributed by atoms with Crippen LogP contribution in [0.1, 0.15) is 26.7 Å². The second kappa shape index (κ2) is 3.80. The summed E-state index contributed by atoms with van der Waals surface area (Å²) in [7, 11) is 2.06. The van der Waals surface area contributed by atoms with E-state index in [2.05, 4.69) is 31.1 Å². The van der Waals surface area contributed by atoms with Crippen LogP contribution >= 0.6 is 0 Å². The van der Waals surface area contributed by atoms with Gasteiger partial charge in [-0.1, -0.05) is 0 Å². The molecule has 2 saturated heterocycles. The van der Waals surface area contributed by atoms with Crippen LogP contribution in [0, 0.1) is 0 Å². The van der Waals surface area contributed by atoms with Crippen molar-refractivity contribution in [3.8, 4) is 0 Å². The maximum Gasteiger partial charge on any atom is 0.0728 e. The molecule has 0 spiro atoms. The summed E-state index contributed by atoms with van der Waals surface area (Å²) < 4.78 is 5.69. The zero-order chi connectivity index (χ0) is 10.2. The van der Waals surface area contributed by atoms with Crippen molar-refractivity contribution < 1.29 is 4.74 Å². The molecular formula is C11H22N2O. The lowest BCUT2D eigenvalue weighted by Gasteiger charge is -2.37. The largest absolute Gasteiger partial charge is 0.377 e. The molecule has 14 heavy (non-hydrogen) atoms. The molecule has 0 aromatic rings. The van der Waals surface area contributed by atoms with Gasteiger partial charge in [0.1, 0.15) is 0 Å². The summed E-state index contributed by atoms with van der Waals surface area (Å²) in [5, 5.41) is 3.37. The van der Waals surface area contributed by atoms with Crippen LogP contribution in [0.15, 0.2) is 0 Å². The van der Waals surface area contributed by atoms with Gasteiger partial charge in [0.2, 0.25) is 0 Å². The molecule has 0 aliphatic carbocycles. The molecule has 2 aliphatic rings. The van der Waals surface area contributed by atoms with Gasteiger partial charge in [0.05, 0.1) is 6.10 Å². The molecule has 0 amide bonds. The Morgan fingerprint density at radius 3 is 2.79 bits per heavy atom. The molecule has 2 heterocycles. The standard InChI is InChI=1S/C11H22N2O/c1-9-11(2,5-7-14-9)13-6-4-10(8-13)12-3/h9-10,12H,4-8H2,1-3H3. The summed E-state index contributed by atoms with van der Waals surface area (Å²) in [6.45, 7) is 7.89. The summed E-state index contributed by atoms with van der Waals surface area (Å²) in [5.41, 5.74) is 0.283. The molecule has 3 nitrogen and oxygen atoms in total. The third-order valence-corrected chi connectivity index (χ3v) is 4.17. The van der Waals surface area contributed by atoms with E-state index in [9.17, 15) is 0 Å². The minimum atomic E-state index is 0.283. The number of likely N-dealkylation sites (N-methyl/N-ethyl adjacent to an activating group) is 1. The zero-order valence-corrected chi connectivity index (χ0v) is 9.55. The molecular weight excluding hydrogens is 176 g/mol. The minimum absolute atomic E-state index is 0.283. The molecule has 2 rings (SSSR count). The van der Waals surface area contributed by atoms with E-state index in [-0.39, 0.29) is 5.54 Å². The van der Waals surface area contributed by atoms with Gasteiger partial charge in [-0.15, -0.1) is 0 Å². The van der Waals surface area contributed by atoms with Crippen LogP contribution in [0.2, 0.25) is 0 Å². The highest BCUT2D eigenvalue weighted by Crippen LogP contribution is 2.34. The molecule has 3 atom stereocenters. The first-order chi connectivity index (χ1) is 6.66. The van der Waals surface area contributed by atoms with Crippen molar-refractivity contribution in [1.29, 1.82) is 0 Å². The Balaban J connectivity index is 2.01. The first-order valence-corrected chi connectivity index (χ1v) is 5.71. The summed E-state index contributed by atoms with van der Waals surface area (Å²) in [4.78, 5) is 2.60. The molecule has 0 saturated carbocycles. The second-order valence-electron chi connectivity index (χ2n) is 4.84. The summed E-state index contributed by atoms with van der Waals surface area (Å²) in [6, 6.07) is 0.680. The van der Waals surface area contributed by atoms with Crippen molar-refractivity contribution in [2.75, 3.05) is 26.7 Å². The molecule has 3 heteroatoms. The van der Waals surface area contributed by atoms with Crippen LogP contribution in [-0.4, -0.2) is 49.3 Å². The molecule has 2 aliphatic heterocycles. The molecule has 0 aromatic heterocycles. The highest BCUT2D eigenvalue weighted by molar-refractivity contribution is 4.99. The first-order valence-electron chi connectivity index (χ1n) is 5.71. The van der Waals surface area contributed by atoms with Crippen LogP contribution in [0.4, 0.5) is 0 Å². The Morgan fingerprint density at radius 2 is 2.29 bits per heavy atom. The summed E-state index contributed by atoms with van der Waals surface area (Å²) in [5.74, 6) is 0. The highest BCUT2D eigenvalue weighted by Gasteiger charge is 2.44. The van der Waals surface area contributed by atoms with E-state index in [1.807, 2.05) is 0 Å². The van der Waals surface area contributed by atoms with E-state index in [1.165, 1.54) is 25.9 Å². The van der Waals surface area contributed by atoms with Gasteiger partial charge in [0.25, 0.3) is 0 Å². The van der Waals surface area contributed by atoms with E-state index >= 15 is 0 Å². The minimum Gasteiger partial charge on any atom is -0.377 e. The monoisotopic (exact) mass is 198 g/mol. The first kappa shape index (κ1) is 10.4. The smallest absolute Gasteiger partial charge is 0.0728 e. The number of hydrogen-bond donors (Lipinski definition) is 1. The lowest BCUT2D eigenvalue weighted by molar-refractivity contribution is 0.0320. The number of hydrogen-bond acceptors (Lipinski definition) is 3. The molecule has 3 unspecified atom stereocenters. The Labute approximate surface area is 86.8 Å². The van der Waals surface area contributed by atoms with Crippen molar-refractivity contribution in [3.63, 3.8) is 0 Å². The molecule has 0 bridgehead atoms. The lowest BCUT2D eigenvalue weighted by atomic mass is 9.93. The van der Waals surface area contributed by atoms with Crippen molar-refractivity contribution in [1.82, 2.24) is 10.2 Å². The number of likely N-dealkylation sites (tertiary alicyclic amines) is 1. The SMILES string of the molecule is CNC1CCN(C2(C)CCOC2C)C1. The fourth-order valence-corrected chi connectivity index (χ4v) is 2.70. The van der Waals surface area contributed by atoms with Crippen molar-refractivity contribution in [3.05, 3.63) is 0 Å². The maximum absolute atomic E-state index is 5.69. The summed E-state index contributed by atoms with van der Waals surface area (Å²) in [6.07, 6.45) is 2.85.